The molecule has 0 radical (unpaired) electrons. The molecule has 1 N–H and O–H groups in total. The number of amides is 2. The number of rotatable bonds is 5. The third-order valence-electron chi connectivity index (χ3n) is 6.28. The Morgan fingerprint density at radius 3 is 2.54 bits per heavy atom. The summed E-state index contributed by atoms with van der Waals surface area (Å²) in [5, 5.41) is 2.70. The molecule has 3 aromatic rings. The Morgan fingerprint density at radius 2 is 1.80 bits per heavy atom. The molecule has 3 aromatic carbocycles. The summed E-state index contributed by atoms with van der Waals surface area (Å²) in [5.41, 5.74) is 5.10. The number of carbonyl (C=O) groups excluding carboxylic acids is 2. The van der Waals surface area contributed by atoms with Gasteiger partial charge in [-0.2, -0.15) is 0 Å². The zero-order chi connectivity index (χ0) is 24.4. The van der Waals surface area contributed by atoms with Crippen LogP contribution in [0.4, 0.5) is 11.4 Å². The summed E-state index contributed by atoms with van der Waals surface area (Å²) in [4.78, 5) is 29.7. The summed E-state index contributed by atoms with van der Waals surface area (Å²) >= 11 is 5.30. The number of nitrogens with zero attached hydrogens (tertiary/aromatic N) is 2. The molecule has 35 heavy (non-hydrogen) atoms. The lowest BCUT2D eigenvalue weighted by molar-refractivity contribution is -0.122. The molecule has 1 fully saturated rings. The molecular formula is C28H25N3O3S. The number of nitrogens with one attached hydrogen (secondary N) is 1. The lowest BCUT2D eigenvalue weighted by atomic mass is 9.97. The number of ether oxygens (including phenoxy) is 1. The maximum absolute atomic E-state index is 13.3. The van der Waals surface area contributed by atoms with Gasteiger partial charge < -0.3 is 9.64 Å². The summed E-state index contributed by atoms with van der Waals surface area (Å²) in [6.45, 7) is 1.85. The third-order valence-corrected chi connectivity index (χ3v) is 6.56. The smallest absolute Gasteiger partial charge is 0.270 e. The SMILES string of the molecule is COc1ccc(N2C(=O)C(=Cc3ccc4c(c3)CCCN4Cc3ccccc3)C(=O)NC2=S)cc1. The van der Waals surface area contributed by atoms with E-state index in [1.54, 1.807) is 37.5 Å². The molecule has 0 unspecified atom stereocenters. The highest BCUT2D eigenvalue weighted by atomic mass is 32.1. The average molecular weight is 484 g/mol. The number of hydrogen-bond acceptors (Lipinski definition) is 5. The molecule has 2 aliphatic heterocycles. The minimum atomic E-state index is -0.492. The lowest BCUT2D eigenvalue weighted by Crippen LogP contribution is -2.54. The van der Waals surface area contributed by atoms with Crippen molar-refractivity contribution in [3.8, 4) is 5.75 Å². The summed E-state index contributed by atoms with van der Waals surface area (Å²) in [6, 6.07) is 23.5. The van der Waals surface area contributed by atoms with Gasteiger partial charge in [-0.05, 0) is 84.2 Å². The summed E-state index contributed by atoms with van der Waals surface area (Å²) < 4.78 is 5.19. The number of thiocarbonyl (C=S) groups is 1. The summed E-state index contributed by atoms with van der Waals surface area (Å²) in [6.07, 6.45) is 3.66. The van der Waals surface area contributed by atoms with E-state index in [-0.39, 0.29) is 10.7 Å². The Hall–Kier alpha value is -3.97. The molecule has 0 atom stereocenters. The second-order valence-electron chi connectivity index (χ2n) is 8.55. The second kappa shape index (κ2) is 9.72. The fraction of sp³-hybridized carbons (Fsp3) is 0.179. The molecule has 176 valence electrons. The maximum atomic E-state index is 13.3. The molecule has 0 bridgehead atoms. The van der Waals surface area contributed by atoms with Gasteiger partial charge in [-0.25, -0.2) is 0 Å². The van der Waals surface area contributed by atoms with Crippen LogP contribution in [0.3, 0.4) is 0 Å². The van der Waals surface area contributed by atoms with Gasteiger partial charge in [0.25, 0.3) is 11.8 Å². The molecule has 0 saturated carbocycles. The molecule has 6 nitrogen and oxygen atoms in total. The van der Waals surface area contributed by atoms with Crippen molar-refractivity contribution in [2.75, 3.05) is 23.5 Å². The molecule has 0 aromatic heterocycles. The number of carbonyl (C=O) groups is 2. The van der Waals surface area contributed by atoms with E-state index in [1.807, 2.05) is 12.1 Å². The lowest BCUT2D eigenvalue weighted by Gasteiger charge is -2.32. The fourth-order valence-corrected chi connectivity index (χ4v) is 4.82. The number of benzene rings is 3. The highest BCUT2D eigenvalue weighted by Crippen LogP contribution is 2.31. The van der Waals surface area contributed by atoms with Crippen LogP contribution in [0.1, 0.15) is 23.1 Å². The normalized spacial score (nSPS) is 16.8. The van der Waals surface area contributed by atoms with E-state index >= 15 is 0 Å². The van der Waals surface area contributed by atoms with Crippen LogP contribution in [0, 0.1) is 0 Å². The highest BCUT2D eigenvalue weighted by Gasteiger charge is 2.34. The molecule has 1 saturated heterocycles. The van der Waals surface area contributed by atoms with Crippen LogP contribution in [0.25, 0.3) is 6.08 Å². The van der Waals surface area contributed by atoms with Crippen LogP contribution in [0.5, 0.6) is 5.75 Å². The van der Waals surface area contributed by atoms with Gasteiger partial charge >= 0.3 is 0 Å². The van der Waals surface area contributed by atoms with Crippen LogP contribution in [0.2, 0.25) is 0 Å². The van der Waals surface area contributed by atoms with E-state index in [0.717, 1.165) is 31.5 Å². The first kappa shape index (κ1) is 22.8. The van der Waals surface area contributed by atoms with E-state index < -0.39 is 11.8 Å². The van der Waals surface area contributed by atoms with E-state index in [1.165, 1.54) is 21.7 Å². The standard InChI is InChI=1S/C28H25N3O3S/c1-34-23-12-10-22(11-13-23)31-27(33)24(26(32)29-28(31)35)17-20-9-14-25-21(16-20)8-5-15-30(25)18-19-6-3-2-4-7-19/h2-4,6-7,9-14,16-17H,5,8,15,18H2,1H3,(H,29,32,35). The zero-order valence-corrected chi connectivity index (χ0v) is 20.2. The molecular weight excluding hydrogens is 458 g/mol. The monoisotopic (exact) mass is 483 g/mol. The second-order valence-corrected chi connectivity index (χ2v) is 8.94. The fourth-order valence-electron chi connectivity index (χ4n) is 4.54. The van der Waals surface area contributed by atoms with Gasteiger partial charge in [-0.1, -0.05) is 36.4 Å². The number of aryl methyl sites for hydroxylation is 1. The molecule has 2 amide bonds. The maximum Gasteiger partial charge on any atom is 0.270 e. The van der Waals surface area contributed by atoms with Crippen molar-refractivity contribution in [3.63, 3.8) is 0 Å². The van der Waals surface area contributed by atoms with Crippen LogP contribution in [-0.4, -0.2) is 30.6 Å². The first-order valence-electron chi connectivity index (χ1n) is 11.5. The van der Waals surface area contributed by atoms with Gasteiger partial charge in [0.2, 0.25) is 0 Å². The highest BCUT2D eigenvalue weighted by molar-refractivity contribution is 7.80. The van der Waals surface area contributed by atoms with Crippen molar-refractivity contribution >= 4 is 46.6 Å². The van der Waals surface area contributed by atoms with Gasteiger partial charge in [0.1, 0.15) is 11.3 Å². The van der Waals surface area contributed by atoms with Crippen molar-refractivity contribution in [1.29, 1.82) is 0 Å². The van der Waals surface area contributed by atoms with E-state index in [2.05, 4.69) is 46.6 Å². The van der Waals surface area contributed by atoms with Crippen LogP contribution >= 0.6 is 12.2 Å². The van der Waals surface area contributed by atoms with Crippen molar-refractivity contribution in [3.05, 3.63) is 95.1 Å². The molecule has 2 heterocycles. The first-order chi connectivity index (χ1) is 17.0. The number of hydrogen-bond donors (Lipinski definition) is 1. The van der Waals surface area contributed by atoms with Crippen molar-refractivity contribution in [2.24, 2.45) is 0 Å². The summed E-state index contributed by atoms with van der Waals surface area (Å²) in [7, 11) is 1.58. The van der Waals surface area contributed by atoms with Gasteiger partial charge in [0.15, 0.2) is 5.11 Å². The molecule has 2 aliphatic rings. The molecule has 7 heteroatoms. The van der Waals surface area contributed by atoms with Gasteiger partial charge in [-0.3, -0.25) is 19.8 Å². The number of methoxy groups -OCH3 is 1. The van der Waals surface area contributed by atoms with Crippen LogP contribution < -0.4 is 19.9 Å². The predicted molar refractivity (Wildman–Crippen MR) is 141 cm³/mol. The Bertz CT molecular complexity index is 1320. The first-order valence-corrected chi connectivity index (χ1v) is 11.9. The van der Waals surface area contributed by atoms with E-state index in [4.69, 9.17) is 17.0 Å². The Balaban J connectivity index is 1.42. The Morgan fingerprint density at radius 1 is 1.03 bits per heavy atom. The Kier molecular flexibility index (Phi) is 6.33. The minimum Gasteiger partial charge on any atom is -0.497 e. The van der Waals surface area contributed by atoms with Gasteiger partial charge in [0.05, 0.1) is 12.8 Å². The van der Waals surface area contributed by atoms with Gasteiger partial charge in [0, 0.05) is 18.8 Å². The number of fused-ring (bicyclic) bond motifs is 1. The predicted octanol–water partition coefficient (Wildman–Crippen LogP) is 4.48. The van der Waals surface area contributed by atoms with Crippen molar-refractivity contribution < 1.29 is 14.3 Å². The minimum absolute atomic E-state index is 0.0475. The van der Waals surface area contributed by atoms with Gasteiger partial charge in [-0.15, -0.1) is 0 Å². The quantitative estimate of drug-likeness (QED) is 0.329. The van der Waals surface area contributed by atoms with Crippen LogP contribution in [0.15, 0.2) is 78.4 Å². The summed E-state index contributed by atoms with van der Waals surface area (Å²) in [5.74, 6) is -0.278. The van der Waals surface area contributed by atoms with E-state index in [9.17, 15) is 9.59 Å². The molecule has 5 rings (SSSR count). The number of anilines is 2. The molecule has 0 aliphatic carbocycles. The van der Waals surface area contributed by atoms with Crippen molar-refractivity contribution in [2.45, 2.75) is 19.4 Å². The largest absolute Gasteiger partial charge is 0.497 e. The topological polar surface area (TPSA) is 61.9 Å². The average Bonchev–Trinajstić information content (AvgIpc) is 2.87. The van der Waals surface area contributed by atoms with Crippen molar-refractivity contribution in [1.82, 2.24) is 5.32 Å². The zero-order valence-electron chi connectivity index (χ0n) is 19.4. The molecule has 0 spiro atoms. The van der Waals surface area contributed by atoms with E-state index in [0.29, 0.717) is 11.4 Å². The third kappa shape index (κ3) is 4.68. The Labute approximate surface area is 209 Å². The van der Waals surface area contributed by atoms with Crippen LogP contribution in [-0.2, 0) is 22.6 Å².